The lowest BCUT2D eigenvalue weighted by Gasteiger charge is -2.20. The maximum absolute atomic E-state index is 11.9. The topological polar surface area (TPSA) is 44.4 Å². The van der Waals surface area contributed by atoms with Gasteiger partial charge in [0.2, 0.25) is 0 Å². The summed E-state index contributed by atoms with van der Waals surface area (Å²) in [6.45, 7) is 4.19. The van der Waals surface area contributed by atoms with E-state index in [0.29, 0.717) is 0 Å². The molecular weight excluding hydrogens is 190 g/mol. The monoisotopic (exact) mass is 213 g/mol. The van der Waals surface area contributed by atoms with Crippen molar-refractivity contribution in [1.82, 2.24) is 16.0 Å². The number of nitrogens with zero attached hydrogens (tertiary/aromatic N) is 1. The molecule has 0 radical (unpaired) electrons. The van der Waals surface area contributed by atoms with Gasteiger partial charge >= 0.3 is 0 Å². The van der Waals surface area contributed by atoms with Crippen molar-refractivity contribution in [3.8, 4) is 0 Å². The van der Waals surface area contributed by atoms with E-state index in [9.17, 15) is 4.79 Å². The predicted octanol–water partition coefficient (Wildman–Crippen LogP) is 1.61. The molecule has 0 aromatic carbocycles. The highest BCUT2D eigenvalue weighted by molar-refractivity contribution is 5.92. The maximum atomic E-state index is 11.9. The van der Waals surface area contributed by atoms with Gasteiger partial charge in [-0.15, -0.1) is 0 Å². The third-order valence-electron chi connectivity index (χ3n) is 2.12. The van der Waals surface area contributed by atoms with E-state index in [1.807, 2.05) is 6.08 Å². The van der Waals surface area contributed by atoms with E-state index in [4.69, 9.17) is 0 Å². The van der Waals surface area contributed by atoms with Gasteiger partial charge in [0.15, 0.2) is 0 Å². The summed E-state index contributed by atoms with van der Waals surface area (Å²) in [5.41, 5.74) is 6.48. The number of nitrogens with one attached hydrogen (secondary N) is 2. The summed E-state index contributed by atoms with van der Waals surface area (Å²) in [7, 11) is 3.44. The van der Waals surface area contributed by atoms with E-state index in [-0.39, 0.29) is 5.91 Å². The highest BCUT2D eigenvalue weighted by Crippen LogP contribution is 2.09. The summed E-state index contributed by atoms with van der Waals surface area (Å²) < 4.78 is 0. The molecule has 1 amide bonds. The molecule has 2 N–H and O–H groups in total. The van der Waals surface area contributed by atoms with Gasteiger partial charge in [-0.3, -0.25) is 4.79 Å². The lowest BCUT2D eigenvalue weighted by molar-refractivity contribution is -0.133. The average Bonchev–Trinajstić information content (AvgIpc) is 2.25. The highest BCUT2D eigenvalue weighted by atomic mass is 16.2. The van der Waals surface area contributed by atoms with Crippen LogP contribution >= 0.6 is 0 Å². The fourth-order valence-corrected chi connectivity index (χ4v) is 1.34. The summed E-state index contributed by atoms with van der Waals surface area (Å²) in [5.74, 6) is 0.00954. The van der Waals surface area contributed by atoms with Gasteiger partial charge in [0.25, 0.3) is 5.91 Å². The van der Waals surface area contributed by atoms with E-state index in [2.05, 4.69) is 24.7 Å². The number of carbonyl (C=O) groups excluding carboxylic acids is 1. The Balaban J connectivity index is 4.52. The summed E-state index contributed by atoms with van der Waals surface area (Å²) in [6, 6.07) is 0. The van der Waals surface area contributed by atoms with Crippen LogP contribution in [0.15, 0.2) is 11.6 Å². The van der Waals surface area contributed by atoms with Gasteiger partial charge in [-0.05, 0) is 12.8 Å². The van der Waals surface area contributed by atoms with Crippen LogP contribution in [0.5, 0.6) is 0 Å². The van der Waals surface area contributed by atoms with Crippen LogP contribution in [-0.2, 0) is 4.79 Å². The van der Waals surface area contributed by atoms with Crippen molar-refractivity contribution in [2.24, 2.45) is 0 Å². The molecule has 0 aromatic heterocycles. The van der Waals surface area contributed by atoms with Crippen LogP contribution in [0.3, 0.4) is 0 Å². The zero-order valence-electron chi connectivity index (χ0n) is 10.3. The first-order valence-corrected chi connectivity index (χ1v) is 5.59. The Labute approximate surface area is 92.7 Å². The predicted molar refractivity (Wildman–Crippen MR) is 62.9 cm³/mol. The fourth-order valence-electron chi connectivity index (χ4n) is 1.34. The summed E-state index contributed by atoms with van der Waals surface area (Å²) in [4.78, 5) is 11.9. The molecule has 0 aliphatic rings. The van der Waals surface area contributed by atoms with Gasteiger partial charge in [0.1, 0.15) is 0 Å². The van der Waals surface area contributed by atoms with Crippen molar-refractivity contribution >= 4 is 5.91 Å². The molecule has 0 heterocycles. The Kier molecular flexibility index (Phi) is 7.95. The highest BCUT2D eigenvalue weighted by Gasteiger charge is 2.14. The molecule has 0 aliphatic carbocycles. The first-order valence-electron chi connectivity index (χ1n) is 5.59. The minimum Gasteiger partial charge on any atom is -0.267 e. The fraction of sp³-hybridized carbons (Fsp3) is 0.727. The smallest absolute Gasteiger partial charge is 0.267 e. The normalized spacial score (nSPS) is 11.6. The SMILES string of the molecule is CCCC=C(CCC)C(=O)N(NC)NC. The zero-order valence-corrected chi connectivity index (χ0v) is 10.3. The molecule has 0 aliphatic heterocycles. The third-order valence-corrected chi connectivity index (χ3v) is 2.12. The number of amides is 1. The Morgan fingerprint density at radius 2 is 1.80 bits per heavy atom. The lowest BCUT2D eigenvalue weighted by atomic mass is 10.1. The molecule has 4 heteroatoms. The minimum absolute atomic E-state index is 0.00954. The molecule has 4 nitrogen and oxygen atoms in total. The van der Waals surface area contributed by atoms with E-state index in [1.165, 1.54) is 5.12 Å². The van der Waals surface area contributed by atoms with Crippen LogP contribution in [0, 0.1) is 0 Å². The van der Waals surface area contributed by atoms with Crippen molar-refractivity contribution in [2.45, 2.75) is 39.5 Å². The molecule has 15 heavy (non-hydrogen) atoms. The molecule has 0 bridgehead atoms. The Morgan fingerprint density at radius 1 is 1.20 bits per heavy atom. The number of hydrogen-bond donors (Lipinski definition) is 2. The van der Waals surface area contributed by atoms with Crippen molar-refractivity contribution in [3.63, 3.8) is 0 Å². The van der Waals surface area contributed by atoms with Crippen LogP contribution < -0.4 is 10.9 Å². The second-order valence-electron chi connectivity index (χ2n) is 3.36. The van der Waals surface area contributed by atoms with Crippen molar-refractivity contribution in [3.05, 3.63) is 11.6 Å². The molecule has 0 aromatic rings. The van der Waals surface area contributed by atoms with E-state index in [0.717, 1.165) is 31.3 Å². The van der Waals surface area contributed by atoms with Gasteiger partial charge in [0.05, 0.1) is 0 Å². The Hall–Kier alpha value is -0.870. The first-order chi connectivity index (χ1) is 7.21. The van der Waals surface area contributed by atoms with E-state index >= 15 is 0 Å². The molecule has 0 saturated carbocycles. The summed E-state index contributed by atoms with van der Waals surface area (Å²) in [5, 5.41) is 1.40. The van der Waals surface area contributed by atoms with Gasteiger partial charge in [0, 0.05) is 19.7 Å². The number of hydrogen-bond acceptors (Lipinski definition) is 3. The lowest BCUT2D eigenvalue weighted by Crippen LogP contribution is -2.49. The van der Waals surface area contributed by atoms with Gasteiger partial charge < -0.3 is 0 Å². The maximum Gasteiger partial charge on any atom is 0.278 e. The molecular formula is C11H23N3O. The molecule has 0 rings (SSSR count). The molecule has 0 atom stereocenters. The number of allylic oxidation sites excluding steroid dienone is 1. The average molecular weight is 213 g/mol. The minimum atomic E-state index is 0.00954. The molecule has 88 valence electrons. The second-order valence-corrected chi connectivity index (χ2v) is 3.36. The van der Waals surface area contributed by atoms with Gasteiger partial charge in [-0.25, -0.2) is 16.0 Å². The Bertz CT molecular complexity index is 210. The zero-order chi connectivity index (χ0) is 11.7. The van der Waals surface area contributed by atoms with Crippen LogP contribution in [0.1, 0.15) is 39.5 Å². The van der Waals surface area contributed by atoms with Crippen molar-refractivity contribution in [1.29, 1.82) is 0 Å². The molecule has 0 unspecified atom stereocenters. The second kappa shape index (κ2) is 8.44. The van der Waals surface area contributed by atoms with Crippen molar-refractivity contribution in [2.75, 3.05) is 14.1 Å². The number of unbranched alkanes of at least 4 members (excludes halogenated alkanes) is 1. The van der Waals surface area contributed by atoms with Crippen LogP contribution in [0.4, 0.5) is 0 Å². The third kappa shape index (κ3) is 4.95. The Morgan fingerprint density at radius 3 is 2.20 bits per heavy atom. The standard InChI is InChI=1S/C11H23N3O/c1-5-7-9-10(8-6-2)11(15)14(12-3)13-4/h9,12-13H,5-8H2,1-4H3. The van der Waals surface area contributed by atoms with E-state index in [1.54, 1.807) is 14.1 Å². The first kappa shape index (κ1) is 14.1. The van der Waals surface area contributed by atoms with E-state index < -0.39 is 0 Å². The number of hydrazine groups is 2. The summed E-state index contributed by atoms with van der Waals surface area (Å²) in [6.07, 6.45) is 5.89. The van der Waals surface area contributed by atoms with Crippen LogP contribution in [0.2, 0.25) is 0 Å². The molecule has 0 fully saturated rings. The molecule has 0 spiro atoms. The largest absolute Gasteiger partial charge is 0.278 e. The van der Waals surface area contributed by atoms with Gasteiger partial charge in [-0.1, -0.05) is 32.8 Å². The molecule has 0 saturated heterocycles. The summed E-state index contributed by atoms with van der Waals surface area (Å²) >= 11 is 0. The van der Waals surface area contributed by atoms with Crippen LogP contribution in [0.25, 0.3) is 0 Å². The number of rotatable bonds is 7. The van der Waals surface area contributed by atoms with Crippen molar-refractivity contribution < 1.29 is 4.79 Å². The van der Waals surface area contributed by atoms with Gasteiger partial charge in [-0.2, -0.15) is 0 Å². The quantitative estimate of drug-likeness (QED) is 0.499. The number of carbonyl (C=O) groups is 1. The van der Waals surface area contributed by atoms with Crippen LogP contribution in [-0.4, -0.2) is 25.1 Å².